The number of hydrogen-bond donors (Lipinski definition) is 1. The molecule has 1 aromatic rings. The Balaban J connectivity index is 1.82. The van der Waals surface area contributed by atoms with Gasteiger partial charge in [-0.15, -0.1) is 0 Å². The van der Waals surface area contributed by atoms with Crippen LogP contribution in [0.1, 0.15) is 45.2 Å². The van der Waals surface area contributed by atoms with Crippen LogP contribution < -0.4 is 5.32 Å². The second-order valence-corrected chi connectivity index (χ2v) is 7.89. The molecular weight excluding hydrogens is 338 g/mol. The fraction of sp³-hybridized carbons (Fsp3) is 0.682. The normalized spacial score (nSPS) is 17.2. The molecule has 27 heavy (non-hydrogen) atoms. The fourth-order valence-electron chi connectivity index (χ4n) is 3.27. The highest BCUT2D eigenvalue weighted by molar-refractivity contribution is 5.80. The summed E-state index contributed by atoms with van der Waals surface area (Å²) in [5.74, 6) is 0.552. The maximum absolute atomic E-state index is 12.3. The van der Waals surface area contributed by atoms with Crippen molar-refractivity contribution in [2.75, 3.05) is 39.3 Å². The van der Waals surface area contributed by atoms with Crippen molar-refractivity contribution >= 4 is 5.91 Å². The van der Waals surface area contributed by atoms with Gasteiger partial charge in [0.25, 0.3) is 0 Å². The Morgan fingerprint density at radius 2 is 1.70 bits per heavy atom. The highest BCUT2D eigenvalue weighted by Gasteiger charge is 2.17. The number of carbonyl (C=O) groups is 1. The molecule has 0 bridgehead atoms. The molecule has 1 aliphatic heterocycles. The van der Waals surface area contributed by atoms with Crippen LogP contribution in [0.3, 0.4) is 0 Å². The van der Waals surface area contributed by atoms with Crippen LogP contribution in [0.5, 0.6) is 0 Å². The van der Waals surface area contributed by atoms with E-state index in [4.69, 9.17) is 4.74 Å². The molecule has 1 heterocycles. The summed E-state index contributed by atoms with van der Waals surface area (Å²) in [6.45, 7) is 16.1. The Kier molecular flexibility index (Phi) is 9.25. The van der Waals surface area contributed by atoms with Gasteiger partial charge in [-0.3, -0.25) is 9.69 Å². The van der Waals surface area contributed by atoms with Gasteiger partial charge >= 0.3 is 0 Å². The fourth-order valence-corrected chi connectivity index (χ4v) is 3.27. The molecule has 152 valence electrons. The first-order valence-corrected chi connectivity index (χ1v) is 10.4. The highest BCUT2D eigenvalue weighted by atomic mass is 16.5. The number of ether oxygens (including phenoxy) is 1. The lowest BCUT2D eigenvalue weighted by Gasteiger charge is -2.34. The van der Waals surface area contributed by atoms with E-state index >= 15 is 0 Å². The van der Waals surface area contributed by atoms with E-state index in [1.54, 1.807) is 0 Å². The van der Waals surface area contributed by atoms with Gasteiger partial charge in [0.05, 0.1) is 0 Å². The zero-order valence-electron chi connectivity index (χ0n) is 17.5. The second kappa shape index (κ2) is 11.4. The van der Waals surface area contributed by atoms with Gasteiger partial charge < -0.3 is 15.0 Å². The van der Waals surface area contributed by atoms with Crippen LogP contribution in [0.25, 0.3) is 0 Å². The van der Waals surface area contributed by atoms with Crippen molar-refractivity contribution in [2.45, 2.75) is 53.3 Å². The summed E-state index contributed by atoms with van der Waals surface area (Å²) in [6.07, 6.45) is 0.573. The van der Waals surface area contributed by atoms with Crippen LogP contribution >= 0.6 is 0 Å². The summed E-state index contributed by atoms with van der Waals surface area (Å²) in [4.78, 5) is 17.3. The van der Waals surface area contributed by atoms with Gasteiger partial charge in [0.1, 0.15) is 6.10 Å². The first-order chi connectivity index (χ1) is 13.0. The molecule has 1 fully saturated rings. The molecule has 1 aromatic carbocycles. The van der Waals surface area contributed by atoms with Gasteiger partial charge in [-0.25, -0.2) is 0 Å². The Morgan fingerprint density at radius 1 is 1.07 bits per heavy atom. The number of likely N-dealkylation sites (N-methyl/N-ethyl adjacent to an activating group) is 1. The molecule has 0 aliphatic carbocycles. The molecule has 1 atom stereocenters. The number of rotatable bonds is 10. The number of carbonyl (C=O) groups excluding carboxylic acids is 1. The maximum Gasteiger partial charge on any atom is 0.249 e. The van der Waals surface area contributed by atoms with Gasteiger partial charge in [-0.05, 0) is 36.9 Å². The molecule has 1 saturated heterocycles. The SMILES string of the molecule is CCN1CCN(Cc2ccccc2CNC(=O)C(C)OCCC(C)C)CC1. The molecule has 1 N–H and O–H groups in total. The predicted molar refractivity (Wildman–Crippen MR) is 111 cm³/mol. The van der Waals surface area contributed by atoms with Crippen LogP contribution in [0.4, 0.5) is 0 Å². The number of nitrogens with zero attached hydrogens (tertiary/aromatic N) is 2. The van der Waals surface area contributed by atoms with Crippen molar-refractivity contribution in [3.63, 3.8) is 0 Å². The van der Waals surface area contributed by atoms with Crippen molar-refractivity contribution in [2.24, 2.45) is 5.92 Å². The van der Waals surface area contributed by atoms with Crippen LogP contribution in [-0.2, 0) is 22.6 Å². The van der Waals surface area contributed by atoms with E-state index in [9.17, 15) is 4.79 Å². The molecule has 1 aliphatic rings. The van der Waals surface area contributed by atoms with Crippen LogP contribution in [0.15, 0.2) is 24.3 Å². The van der Waals surface area contributed by atoms with Gasteiger partial charge in [0, 0.05) is 45.9 Å². The first kappa shape index (κ1) is 21.9. The van der Waals surface area contributed by atoms with Crippen LogP contribution in [-0.4, -0.2) is 61.1 Å². The summed E-state index contributed by atoms with van der Waals surface area (Å²) in [6, 6.07) is 8.42. The number of hydrogen-bond acceptors (Lipinski definition) is 4. The summed E-state index contributed by atoms with van der Waals surface area (Å²) in [5.41, 5.74) is 2.49. The number of benzene rings is 1. The predicted octanol–water partition coefficient (Wildman–Crippen LogP) is 2.89. The first-order valence-electron chi connectivity index (χ1n) is 10.4. The Morgan fingerprint density at radius 3 is 2.33 bits per heavy atom. The maximum atomic E-state index is 12.3. The molecule has 0 spiro atoms. The van der Waals surface area contributed by atoms with Crippen LogP contribution in [0, 0.1) is 5.92 Å². The van der Waals surface area contributed by atoms with Crippen molar-refractivity contribution in [1.29, 1.82) is 0 Å². The van der Waals surface area contributed by atoms with Crippen LogP contribution in [0.2, 0.25) is 0 Å². The van der Waals surface area contributed by atoms with E-state index in [1.807, 2.05) is 13.0 Å². The van der Waals surface area contributed by atoms with Crippen molar-refractivity contribution in [3.05, 3.63) is 35.4 Å². The van der Waals surface area contributed by atoms with Crippen molar-refractivity contribution in [1.82, 2.24) is 15.1 Å². The smallest absolute Gasteiger partial charge is 0.249 e. The monoisotopic (exact) mass is 375 g/mol. The summed E-state index contributed by atoms with van der Waals surface area (Å²) >= 11 is 0. The summed E-state index contributed by atoms with van der Waals surface area (Å²) < 4.78 is 5.65. The largest absolute Gasteiger partial charge is 0.369 e. The topological polar surface area (TPSA) is 44.8 Å². The van der Waals surface area contributed by atoms with E-state index in [2.05, 4.69) is 54.1 Å². The Hall–Kier alpha value is -1.43. The lowest BCUT2D eigenvalue weighted by molar-refractivity contribution is -0.132. The van der Waals surface area contributed by atoms with Crippen molar-refractivity contribution in [3.8, 4) is 0 Å². The third-order valence-electron chi connectivity index (χ3n) is 5.31. The highest BCUT2D eigenvalue weighted by Crippen LogP contribution is 2.14. The standard InChI is InChI=1S/C22H37N3O2/c1-5-24-11-13-25(14-12-24)17-21-9-7-6-8-20(21)16-23-22(26)19(4)27-15-10-18(2)3/h6-9,18-19H,5,10-17H2,1-4H3,(H,23,26). The minimum atomic E-state index is -0.405. The third kappa shape index (κ3) is 7.60. The minimum Gasteiger partial charge on any atom is -0.369 e. The molecule has 2 rings (SSSR count). The van der Waals surface area contributed by atoms with E-state index < -0.39 is 6.10 Å². The average molecular weight is 376 g/mol. The molecule has 0 radical (unpaired) electrons. The second-order valence-electron chi connectivity index (χ2n) is 7.89. The molecule has 5 heteroatoms. The van der Waals surface area contributed by atoms with E-state index in [-0.39, 0.29) is 5.91 Å². The minimum absolute atomic E-state index is 0.0369. The van der Waals surface area contributed by atoms with E-state index in [1.165, 1.54) is 11.1 Å². The lowest BCUT2D eigenvalue weighted by atomic mass is 10.1. The Bertz CT molecular complexity index is 568. The lowest BCUT2D eigenvalue weighted by Crippen LogP contribution is -2.45. The molecule has 1 amide bonds. The quantitative estimate of drug-likeness (QED) is 0.683. The number of amides is 1. The number of piperazine rings is 1. The molecular formula is C22H37N3O2. The van der Waals surface area contributed by atoms with Crippen molar-refractivity contribution < 1.29 is 9.53 Å². The van der Waals surface area contributed by atoms with Gasteiger partial charge in [-0.2, -0.15) is 0 Å². The summed E-state index contributed by atoms with van der Waals surface area (Å²) in [5, 5.41) is 3.04. The average Bonchev–Trinajstić information content (AvgIpc) is 2.67. The Labute approximate surface area is 165 Å². The van der Waals surface area contributed by atoms with E-state index in [0.717, 1.165) is 45.7 Å². The molecule has 0 saturated carbocycles. The zero-order valence-corrected chi connectivity index (χ0v) is 17.5. The third-order valence-corrected chi connectivity index (χ3v) is 5.31. The molecule has 0 aromatic heterocycles. The number of nitrogens with one attached hydrogen (secondary N) is 1. The molecule has 5 nitrogen and oxygen atoms in total. The molecule has 1 unspecified atom stereocenters. The van der Waals surface area contributed by atoms with Gasteiger partial charge in [0.15, 0.2) is 0 Å². The summed E-state index contributed by atoms with van der Waals surface area (Å²) in [7, 11) is 0. The zero-order chi connectivity index (χ0) is 19.6. The van der Waals surface area contributed by atoms with Gasteiger partial charge in [-0.1, -0.05) is 45.0 Å². The van der Waals surface area contributed by atoms with E-state index in [0.29, 0.717) is 19.1 Å². The van der Waals surface area contributed by atoms with Gasteiger partial charge in [0.2, 0.25) is 5.91 Å².